The minimum absolute atomic E-state index is 0.0851. The van der Waals surface area contributed by atoms with E-state index >= 15 is 0 Å². The SMILES string of the molecule is COC(C)CCC(=O)N[C@@H](CCC(=O)O)C(=O)O. The van der Waals surface area contributed by atoms with Crippen LogP contribution < -0.4 is 5.32 Å². The summed E-state index contributed by atoms with van der Waals surface area (Å²) in [5.74, 6) is -2.75. The fourth-order valence-electron chi connectivity index (χ4n) is 1.24. The van der Waals surface area contributed by atoms with Gasteiger partial charge >= 0.3 is 11.9 Å². The number of nitrogens with one attached hydrogen (secondary N) is 1. The Bertz CT molecular complexity index is 304. The first-order valence-corrected chi connectivity index (χ1v) is 5.63. The molecule has 1 unspecified atom stereocenters. The highest BCUT2D eigenvalue weighted by Crippen LogP contribution is 2.02. The largest absolute Gasteiger partial charge is 0.481 e. The lowest BCUT2D eigenvalue weighted by molar-refractivity contribution is -0.143. The fraction of sp³-hybridized carbons (Fsp3) is 0.727. The summed E-state index contributed by atoms with van der Waals surface area (Å²) in [6.07, 6.45) is 0.111. The molecular formula is C11H19NO6. The van der Waals surface area contributed by atoms with Crippen LogP contribution in [0, 0.1) is 0 Å². The molecule has 0 fully saturated rings. The van der Waals surface area contributed by atoms with Gasteiger partial charge in [-0.2, -0.15) is 0 Å². The number of rotatable bonds is 9. The lowest BCUT2D eigenvalue weighted by Crippen LogP contribution is -2.41. The van der Waals surface area contributed by atoms with Crippen LogP contribution in [0.5, 0.6) is 0 Å². The van der Waals surface area contributed by atoms with Crippen LogP contribution in [0.3, 0.4) is 0 Å². The Labute approximate surface area is 105 Å². The third kappa shape index (κ3) is 7.61. The summed E-state index contributed by atoms with van der Waals surface area (Å²) < 4.78 is 4.96. The number of carbonyl (C=O) groups is 3. The highest BCUT2D eigenvalue weighted by molar-refractivity contribution is 5.83. The zero-order valence-corrected chi connectivity index (χ0v) is 10.5. The second-order valence-corrected chi connectivity index (χ2v) is 3.98. The van der Waals surface area contributed by atoms with Gasteiger partial charge in [-0.15, -0.1) is 0 Å². The maximum atomic E-state index is 11.4. The number of carboxylic acids is 2. The van der Waals surface area contributed by atoms with Crippen LogP contribution in [0.1, 0.15) is 32.6 Å². The van der Waals surface area contributed by atoms with Crippen molar-refractivity contribution in [3.63, 3.8) is 0 Å². The van der Waals surface area contributed by atoms with Gasteiger partial charge in [0.2, 0.25) is 5.91 Å². The number of ether oxygens (including phenoxy) is 1. The van der Waals surface area contributed by atoms with Crippen molar-refractivity contribution in [3.8, 4) is 0 Å². The van der Waals surface area contributed by atoms with E-state index in [2.05, 4.69) is 5.32 Å². The van der Waals surface area contributed by atoms with Gasteiger partial charge in [0, 0.05) is 20.0 Å². The lowest BCUT2D eigenvalue weighted by Gasteiger charge is -2.14. The molecule has 0 aliphatic heterocycles. The van der Waals surface area contributed by atoms with Crippen LogP contribution in [0.25, 0.3) is 0 Å². The van der Waals surface area contributed by atoms with E-state index in [9.17, 15) is 14.4 Å². The van der Waals surface area contributed by atoms with Gasteiger partial charge in [0.25, 0.3) is 0 Å². The quantitative estimate of drug-likeness (QED) is 0.548. The first kappa shape index (κ1) is 16.4. The molecule has 0 aromatic heterocycles. The predicted molar refractivity (Wildman–Crippen MR) is 62.1 cm³/mol. The van der Waals surface area contributed by atoms with Gasteiger partial charge in [-0.1, -0.05) is 0 Å². The highest BCUT2D eigenvalue weighted by Gasteiger charge is 2.20. The second kappa shape index (κ2) is 8.46. The molecule has 104 valence electrons. The van der Waals surface area contributed by atoms with E-state index in [1.807, 2.05) is 0 Å². The van der Waals surface area contributed by atoms with E-state index < -0.39 is 23.9 Å². The number of hydrogen-bond acceptors (Lipinski definition) is 4. The average molecular weight is 261 g/mol. The van der Waals surface area contributed by atoms with Crippen molar-refractivity contribution in [3.05, 3.63) is 0 Å². The van der Waals surface area contributed by atoms with Crippen molar-refractivity contribution in [2.45, 2.75) is 44.8 Å². The summed E-state index contributed by atoms with van der Waals surface area (Å²) in [6, 6.07) is -1.16. The smallest absolute Gasteiger partial charge is 0.326 e. The summed E-state index contributed by atoms with van der Waals surface area (Å²) in [5, 5.41) is 19.6. The van der Waals surface area contributed by atoms with Crippen molar-refractivity contribution in [2.75, 3.05) is 7.11 Å². The molecule has 18 heavy (non-hydrogen) atoms. The van der Waals surface area contributed by atoms with Crippen LogP contribution in [0.4, 0.5) is 0 Å². The summed E-state index contributed by atoms with van der Waals surface area (Å²) in [4.78, 5) is 32.6. The number of hydrogen-bond donors (Lipinski definition) is 3. The first-order valence-electron chi connectivity index (χ1n) is 5.63. The molecule has 0 spiro atoms. The Hall–Kier alpha value is -1.63. The molecule has 0 rings (SSSR count). The highest BCUT2D eigenvalue weighted by atomic mass is 16.5. The fourth-order valence-corrected chi connectivity index (χ4v) is 1.24. The van der Waals surface area contributed by atoms with E-state index in [1.54, 1.807) is 6.92 Å². The molecule has 7 nitrogen and oxygen atoms in total. The Kier molecular flexibility index (Phi) is 7.69. The molecule has 7 heteroatoms. The molecular weight excluding hydrogens is 242 g/mol. The van der Waals surface area contributed by atoms with E-state index in [4.69, 9.17) is 14.9 Å². The summed E-state index contributed by atoms with van der Waals surface area (Å²) in [7, 11) is 1.52. The predicted octanol–water partition coefficient (Wildman–Crippen LogP) is 0.236. The van der Waals surface area contributed by atoms with Crippen molar-refractivity contribution in [2.24, 2.45) is 0 Å². The van der Waals surface area contributed by atoms with Crippen molar-refractivity contribution in [1.82, 2.24) is 5.32 Å². The Morgan fingerprint density at radius 3 is 2.22 bits per heavy atom. The monoisotopic (exact) mass is 261 g/mol. The molecule has 1 amide bonds. The number of amides is 1. The van der Waals surface area contributed by atoms with Gasteiger partial charge < -0.3 is 20.3 Å². The Balaban J connectivity index is 4.11. The minimum Gasteiger partial charge on any atom is -0.481 e. The van der Waals surface area contributed by atoms with Crippen LogP contribution in [0.15, 0.2) is 0 Å². The van der Waals surface area contributed by atoms with Crippen LogP contribution in [-0.2, 0) is 19.1 Å². The molecule has 0 bridgehead atoms. The Morgan fingerprint density at radius 1 is 1.17 bits per heavy atom. The minimum atomic E-state index is -1.23. The van der Waals surface area contributed by atoms with Crippen molar-refractivity contribution >= 4 is 17.8 Å². The molecule has 0 saturated heterocycles. The lowest BCUT2D eigenvalue weighted by atomic mass is 10.1. The molecule has 0 aromatic carbocycles. The van der Waals surface area contributed by atoms with Gasteiger partial charge in [0.05, 0.1) is 6.10 Å². The summed E-state index contributed by atoms with van der Waals surface area (Å²) >= 11 is 0. The van der Waals surface area contributed by atoms with Crippen LogP contribution in [-0.4, -0.2) is 47.3 Å². The van der Waals surface area contributed by atoms with Gasteiger partial charge in [-0.25, -0.2) is 4.79 Å². The maximum absolute atomic E-state index is 11.4. The normalized spacial score (nSPS) is 13.7. The van der Waals surface area contributed by atoms with E-state index in [1.165, 1.54) is 7.11 Å². The van der Waals surface area contributed by atoms with E-state index in [0.717, 1.165) is 0 Å². The molecule has 0 heterocycles. The molecule has 2 atom stereocenters. The third-order valence-corrected chi connectivity index (χ3v) is 2.46. The second-order valence-electron chi connectivity index (χ2n) is 3.98. The molecule has 0 radical (unpaired) electrons. The van der Waals surface area contributed by atoms with Crippen LogP contribution >= 0.6 is 0 Å². The maximum Gasteiger partial charge on any atom is 0.326 e. The molecule has 0 saturated carbocycles. The molecule has 3 N–H and O–H groups in total. The summed E-state index contributed by atoms with van der Waals surface area (Å²) in [5.41, 5.74) is 0. The average Bonchev–Trinajstić information content (AvgIpc) is 2.30. The molecule has 0 aromatic rings. The van der Waals surface area contributed by atoms with Crippen LogP contribution in [0.2, 0.25) is 0 Å². The molecule has 0 aliphatic rings. The number of carboxylic acid groups (broad SMARTS) is 2. The van der Waals surface area contributed by atoms with E-state index in [0.29, 0.717) is 6.42 Å². The first-order chi connectivity index (χ1) is 8.36. The van der Waals surface area contributed by atoms with Gasteiger partial charge in [0.15, 0.2) is 0 Å². The van der Waals surface area contributed by atoms with Gasteiger partial charge in [-0.05, 0) is 19.8 Å². The van der Waals surface area contributed by atoms with E-state index in [-0.39, 0.29) is 25.4 Å². The topological polar surface area (TPSA) is 113 Å². The van der Waals surface area contributed by atoms with Crippen molar-refractivity contribution in [1.29, 1.82) is 0 Å². The standard InChI is InChI=1S/C11H19NO6/c1-7(18-2)3-5-9(13)12-8(11(16)17)4-6-10(14)15/h7-8H,3-6H2,1-2H3,(H,12,13)(H,14,15)(H,16,17)/t7?,8-/m0/s1. The zero-order valence-electron chi connectivity index (χ0n) is 10.5. The van der Waals surface area contributed by atoms with Gasteiger partial charge in [0.1, 0.15) is 6.04 Å². The third-order valence-electron chi connectivity index (χ3n) is 2.46. The van der Waals surface area contributed by atoms with Gasteiger partial charge in [-0.3, -0.25) is 9.59 Å². The van der Waals surface area contributed by atoms with Crippen molar-refractivity contribution < 1.29 is 29.3 Å². The number of methoxy groups -OCH3 is 1. The number of aliphatic carboxylic acids is 2. The summed E-state index contributed by atoms with van der Waals surface area (Å²) in [6.45, 7) is 1.80. The zero-order chi connectivity index (χ0) is 14.1. The molecule has 0 aliphatic carbocycles. The Morgan fingerprint density at radius 2 is 1.78 bits per heavy atom. The number of carbonyl (C=O) groups excluding carboxylic acids is 1.